The number of halogens is 1. The number of alkyl halides is 1. The van der Waals surface area contributed by atoms with Crippen molar-refractivity contribution in [3.05, 3.63) is 34.9 Å². The first-order valence-electron chi connectivity index (χ1n) is 6.49. The molecule has 1 aromatic carbocycles. The number of hydrogen-bond donors (Lipinski definition) is 0. The average Bonchev–Trinajstić information content (AvgIpc) is 2.29. The minimum absolute atomic E-state index is 0.654. The fourth-order valence-electron chi connectivity index (χ4n) is 2.44. The monoisotopic (exact) mass is 295 g/mol. The van der Waals surface area contributed by atoms with E-state index in [1.807, 2.05) is 0 Å². The summed E-state index contributed by atoms with van der Waals surface area (Å²) in [5.41, 5.74) is 4.27. The topological polar surface area (TPSA) is 3.24 Å². The second-order valence-corrected chi connectivity index (χ2v) is 6.62. The van der Waals surface area contributed by atoms with Crippen LogP contribution in [0, 0.1) is 19.8 Å². The van der Waals surface area contributed by atoms with Gasteiger partial charge in [-0.2, -0.15) is 0 Å². The van der Waals surface area contributed by atoms with Crippen LogP contribution >= 0.6 is 15.9 Å². The first kappa shape index (κ1) is 13.1. The molecule has 1 fully saturated rings. The Morgan fingerprint density at radius 3 is 2.82 bits per heavy atom. The van der Waals surface area contributed by atoms with E-state index in [4.69, 9.17) is 0 Å². The third-order valence-electron chi connectivity index (χ3n) is 3.85. The van der Waals surface area contributed by atoms with Crippen LogP contribution in [0.3, 0.4) is 0 Å². The number of benzene rings is 1. The molecule has 0 aliphatic carbocycles. The average molecular weight is 296 g/mol. The number of rotatable bonds is 2. The molecule has 1 aromatic rings. The summed E-state index contributed by atoms with van der Waals surface area (Å²) < 4.78 is 0. The van der Waals surface area contributed by atoms with E-state index >= 15 is 0 Å². The maximum atomic E-state index is 3.80. The van der Waals surface area contributed by atoms with Crippen molar-refractivity contribution < 1.29 is 0 Å². The van der Waals surface area contributed by atoms with E-state index < -0.39 is 0 Å². The summed E-state index contributed by atoms with van der Waals surface area (Å²) in [6.07, 6.45) is 1.31. The van der Waals surface area contributed by atoms with Gasteiger partial charge in [0.05, 0.1) is 0 Å². The van der Waals surface area contributed by atoms with Gasteiger partial charge in [0.15, 0.2) is 0 Å². The quantitative estimate of drug-likeness (QED) is 0.748. The Kier molecular flexibility index (Phi) is 4.26. The number of nitrogens with zero attached hydrogens (tertiary/aromatic N) is 1. The predicted octanol–water partition coefficient (Wildman–Crippen LogP) is 3.91. The second kappa shape index (κ2) is 5.53. The Labute approximate surface area is 113 Å². The Hall–Kier alpha value is -0.340. The highest BCUT2D eigenvalue weighted by Crippen LogP contribution is 2.25. The first-order chi connectivity index (χ1) is 8.06. The fourth-order valence-corrected chi connectivity index (χ4v) is 3.11. The maximum Gasteiger partial charge on any atom is 0.0299 e. The lowest BCUT2D eigenvalue weighted by molar-refractivity contribution is 0.193. The predicted molar refractivity (Wildman–Crippen MR) is 77.7 cm³/mol. The van der Waals surface area contributed by atoms with E-state index in [0.29, 0.717) is 4.83 Å². The van der Waals surface area contributed by atoms with Crippen molar-refractivity contribution in [2.45, 2.75) is 38.6 Å². The van der Waals surface area contributed by atoms with Crippen LogP contribution in [-0.4, -0.2) is 22.8 Å². The van der Waals surface area contributed by atoms with E-state index in [0.717, 1.165) is 12.5 Å². The number of aryl methyl sites for hydroxylation is 2. The van der Waals surface area contributed by atoms with Crippen LogP contribution in [0.15, 0.2) is 18.2 Å². The van der Waals surface area contributed by atoms with Gasteiger partial charge in [0.1, 0.15) is 0 Å². The Morgan fingerprint density at radius 2 is 2.12 bits per heavy atom. The van der Waals surface area contributed by atoms with Crippen LogP contribution < -0.4 is 0 Å². The van der Waals surface area contributed by atoms with E-state index in [9.17, 15) is 0 Å². The molecule has 0 saturated carbocycles. The van der Waals surface area contributed by atoms with Crippen molar-refractivity contribution in [1.29, 1.82) is 0 Å². The molecule has 1 aliphatic heterocycles. The molecule has 0 radical (unpaired) electrons. The lowest BCUT2D eigenvalue weighted by Gasteiger charge is -2.34. The highest BCUT2D eigenvalue weighted by molar-refractivity contribution is 9.09. The van der Waals surface area contributed by atoms with Gasteiger partial charge in [-0.3, -0.25) is 4.90 Å². The lowest BCUT2D eigenvalue weighted by atomic mass is 9.98. The SMILES string of the molecule is Cc1ccc(C)c(CN2CCC(C)C(Br)C2)c1. The van der Waals surface area contributed by atoms with Gasteiger partial charge in [-0.05, 0) is 43.9 Å². The molecule has 0 spiro atoms. The molecule has 2 unspecified atom stereocenters. The van der Waals surface area contributed by atoms with Crippen LogP contribution in [0.1, 0.15) is 30.0 Å². The van der Waals surface area contributed by atoms with Gasteiger partial charge in [0.2, 0.25) is 0 Å². The molecule has 2 rings (SSSR count). The minimum atomic E-state index is 0.654. The van der Waals surface area contributed by atoms with Crippen molar-refractivity contribution in [1.82, 2.24) is 4.90 Å². The summed E-state index contributed by atoms with van der Waals surface area (Å²) in [5, 5.41) is 0. The zero-order valence-electron chi connectivity index (χ0n) is 11.0. The smallest absolute Gasteiger partial charge is 0.0299 e. The highest BCUT2D eigenvalue weighted by atomic mass is 79.9. The van der Waals surface area contributed by atoms with Crippen molar-refractivity contribution in [3.8, 4) is 0 Å². The molecular formula is C15H22BrN. The van der Waals surface area contributed by atoms with Crippen molar-refractivity contribution in [3.63, 3.8) is 0 Å². The molecule has 0 N–H and O–H groups in total. The summed E-state index contributed by atoms with van der Waals surface area (Å²) in [6.45, 7) is 10.2. The van der Waals surface area contributed by atoms with Crippen LogP contribution in [0.25, 0.3) is 0 Å². The zero-order chi connectivity index (χ0) is 12.4. The fraction of sp³-hybridized carbons (Fsp3) is 0.600. The summed E-state index contributed by atoms with van der Waals surface area (Å²) in [7, 11) is 0. The number of hydrogen-bond acceptors (Lipinski definition) is 1. The second-order valence-electron chi connectivity index (χ2n) is 5.45. The van der Waals surface area contributed by atoms with Gasteiger partial charge in [-0.15, -0.1) is 0 Å². The van der Waals surface area contributed by atoms with Crippen LogP contribution in [0.2, 0.25) is 0 Å². The van der Waals surface area contributed by atoms with Crippen molar-refractivity contribution in [2.75, 3.05) is 13.1 Å². The third kappa shape index (κ3) is 3.32. The summed E-state index contributed by atoms with van der Waals surface area (Å²) in [6, 6.07) is 6.77. The van der Waals surface area contributed by atoms with E-state index in [-0.39, 0.29) is 0 Å². The van der Waals surface area contributed by atoms with Crippen LogP contribution in [-0.2, 0) is 6.54 Å². The molecule has 1 aliphatic rings. The molecule has 2 atom stereocenters. The van der Waals surface area contributed by atoms with Crippen LogP contribution in [0.5, 0.6) is 0 Å². The lowest BCUT2D eigenvalue weighted by Crippen LogP contribution is -2.39. The highest BCUT2D eigenvalue weighted by Gasteiger charge is 2.23. The zero-order valence-corrected chi connectivity index (χ0v) is 12.6. The van der Waals surface area contributed by atoms with Gasteiger partial charge in [-0.1, -0.05) is 46.6 Å². The number of piperidine rings is 1. The third-order valence-corrected chi connectivity index (χ3v) is 5.04. The molecule has 1 saturated heterocycles. The summed E-state index contributed by atoms with van der Waals surface area (Å²) >= 11 is 3.80. The molecule has 94 valence electrons. The Morgan fingerprint density at radius 1 is 1.35 bits per heavy atom. The molecule has 1 heterocycles. The van der Waals surface area contributed by atoms with Gasteiger partial charge in [-0.25, -0.2) is 0 Å². The standard InChI is InChI=1S/C15H22BrN/c1-11-4-5-12(2)14(8-11)9-17-7-6-13(3)15(16)10-17/h4-5,8,13,15H,6-7,9-10H2,1-3H3. The Bertz CT molecular complexity index is 389. The largest absolute Gasteiger partial charge is 0.298 e. The van der Waals surface area contributed by atoms with E-state index in [1.165, 1.54) is 36.2 Å². The molecule has 2 heteroatoms. The molecule has 17 heavy (non-hydrogen) atoms. The van der Waals surface area contributed by atoms with E-state index in [2.05, 4.69) is 59.8 Å². The Balaban J connectivity index is 2.03. The minimum Gasteiger partial charge on any atom is -0.298 e. The summed E-state index contributed by atoms with van der Waals surface area (Å²) in [5.74, 6) is 0.810. The van der Waals surface area contributed by atoms with E-state index in [1.54, 1.807) is 0 Å². The van der Waals surface area contributed by atoms with Gasteiger partial charge >= 0.3 is 0 Å². The van der Waals surface area contributed by atoms with Crippen molar-refractivity contribution >= 4 is 15.9 Å². The van der Waals surface area contributed by atoms with Crippen LogP contribution in [0.4, 0.5) is 0 Å². The molecule has 1 nitrogen and oxygen atoms in total. The molecule has 0 bridgehead atoms. The molecule has 0 aromatic heterocycles. The normalized spacial score (nSPS) is 26.1. The number of likely N-dealkylation sites (tertiary alicyclic amines) is 1. The van der Waals surface area contributed by atoms with Crippen molar-refractivity contribution in [2.24, 2.45) is 5.92 Å². The first-order valence-corrected chi connectivity index (χ1v) is 7.40. The summed E-state index contributed by atoms with van der Waals surface area (Å²) in [4.78, 5) is 3.22. The van der Waals surface area contributed by atoms with Gasteiger partial charge in [0.25, 0.3) is 0 Å². The van der Waals surface area contributed by atoms with Gasteiger partial charge < -0.3 is 0 Å². The van der Waals surface area contributed by atoms with Gasteiger partial charge in [0, 0.05) is 17.9 Å². The maximum absolute atomic E-state index is 3.80. The molecular weight excluding hydrogens is 274 g/mol. The molecule has 0 amide bonds.